The van der Waals surface area contributed by atoms with Gasteiger partial charge in [0.1, 0.15) is 6.04 Å². The van der Waals surface area contributed by atoms with E-state index in [1.807, 2.05) is 4.90 Å². The molecule has 3 aliphatic rings. The van der Waals surface area contributed by atoms with E-state index in [2.05, 4.69) is 10.6 Å². The first-order valence-electron chi connectivity index (χ1n) is 8.73. The summed E-state index contributed by atoms with van der Waals surface area (Å²) < 4.78 is 0. The van der Waals surface area contributed by atoms with Gasteiger partial charge in [0.15, 0.2) is 0 Å². The Morgan fingerprint density at radius 2 is 1.75 bits per heavy atom. The smallest absolute Gasteiger partial charge is 0.322 e. The molecule has 1 aliphatic carbocycles. The Balaban J connectivity index is 1.58. The minimum atomic E-state index is -0.745. The average Bonchev–Trinajstić information content (AvgIpc) is 2.75. The molecule has 0 aromatic rings. The van der Waals surface area contributed by atoms with Crippen LogP contribution >= 0.6 is 0 Å². The fourth-order valence-corrected chi connectivity index (χ4v) is 3.79. The summed E-state index contributed by atoms with van der Waals surface area (Å²) in [6.45, 7) is 1.09. The number of rotatable bonds is 2. The Hall–Kier alpha value is -2.12. The van der Waals surface area contributed by atoms with Crippen LogP contribution in [0.2, 0.25) is 0 Å². The van der Waals surface area contributed by atoms with Crippen LogP contribution in [0.1, 0.15) is 44.9 Å². The summed E-state index contributed by atoms with van der Waals surface area (Å²) in [7, 11) is 0. The molecule has 24 heavy (non-hydrogen) atoms. The normalized spacial score (nSPS) is 26.7. The molecule has 1 saturated carbocycles. The molecule has 0 aromatic carbocycles. The summed E-state index contributed by atoms with van der Waals surface area (Å²) in [5, 5.41) is 4.66. The van der Waals surface area contributed by atoms with E-state index in [1.54, 1.807) is 0 Å². The Morgan fingerprint density at radius 1 is 1.00 bits per heavy atom. The van der Waals surface area contributed by atoms with Crippen LogP contribution in [-0.2, 0) is 14.4 Å². The van der Waals surface area contributed by atoms with Crippen LogP contribution in [-0.4, -0.2) is 65.3 Å². The van der Waals surface area contributed by atoms with Gasteiger partial charge in [0.2, 0.25) is 17.7 Å². The number of nitrogens with one attached hydrogen (secondary N) is 2. The van der Waals surface area contributed by atoms with Gasteiger partial charge in [-0.25, -0.2) is 4.79 Å². The van der Waals surface area contributed by atoms with Gasteiger partial charge in [-0.1, -0.05) is 19.3 Å². The van der Waals surface area contributed by atoms with Crippen molar-refractivity contribution in [1.29, 1.82) is 0 Å². The van der Waals surface area contributed by atoms with Gasteiger partial charge in [0.25, 0.3) is 0 Å². The molecule has 2 heterocycles. The maximum atomic E-state index is 12.6. The minimum absolute atomic E-state index is 0.0179. The van der Waals surface area contributed by atoms with Crippen molar-refractivity contribution in [3.8, 4) is 0 Å². The van der Waals surface area contributed by atoms with Crippen molar-refractivity contribution in [2.75, 3.05) is 19.6 Å². The Labute approximate surface area is 140 Å². The maximum absolute atomic E-state index is 12.6. The van der Waals surface area contributed by atoms with E-state index in [4.69, 9.17) is 0 Å². The highest BCUT2D eigenvalue weighted by Gasteiger charge is 2.35. The van der Waals surface area contributed by atoms with Crippen LogP contribution in [0.3, 0.4) is 0 Å². The first kappa shape index (κ1) is 16.7. The predicted molar refractivity (Wildman–Crippen MR) is 84.9 cm³/mol. The number of carbonyl (C=O) groups excluding carboxylic acids is 4. The van der Waals surface area contributed by atoms with E-state index in [1.165, 1.54) is 11.3 Å². The molecule has 2 saturated heterocycles. The first-order valence-corrected chi connectivity index (χ1v) is 8.73. The lowest BCUT2D eigenvalue weighted by Crippen LogP contribution is -2.59. The van der Waals surface area contributed by atoms with Crippen LogP contribution in [0, 0.1) is 0 Å². The summed E-state index contributed by atoms with van der Waals surface area (Å²) in [6.07, 6.45) is 6.02. The quantitative estimate of drug-likeness (QED) is 0.740. The molecule has 1 atom stereocenters. The fraction of sp³-hybridized carbons (Fsp3) is 0.750. The van der Waals surface area contributed by atoms with Crippen molar-refractivity contribution in [2.45, 2.75) is 57.0 Å². The second-order valence-corrected chi connectivity index (χ2v) is 6.75. The predicted octanol–water partition coefficient (Wildman–Crippen LogP) is -0.0219. The molecule has 5 amide bonds. The van der Waals surface area contributed by atoms with E-state index in [0.29, 0.717) is 19.1 Å². The van der Waals surface area contributed by atoms with Gasteiger partial charge in [-0.2, -0.15) is 0 Å². The van der Waals surface area contributed by atoms with Crippen molar-refractivity contribution < 1.29 is 19.2 Å². The molecule has 1 unspecified atom stereocenters. The zero-order chi connectivity index (χ0) is 17.1. The maximum Gasteiger partial charge on any atom is 0.322 e. The van der Waals surface area contributed by atoms with Crippen molar-refractivity contribution >= 4 is 23.8 Å². The number of amides is 5. The third kappa shape index (κ3) is 3.68. The molecular weight excluding hydrogens is 312 g/mol. The molecule has 0 radical (unpaired) electrons. The van der Waals surface area contributed by atoms with Gasteiger partial charge in [0, 0.05) is 25.6 Å². The minimum Gasteiger partial charge on any atom is -0.336 e. The second-order valence-electron chi connectivity index (χ2n) is 6.75. The van der Waals surface area contributed by atoms with Crippen molar-refractivity contribution in [1.82, 2.24) is 20.4 Å². The van der Waals surface area contributed by atoms with E-state index >= 15 is 0 Å². The van der Waals surface area contributed by atoms with Crippen LogP contribution in [0.25, 0.3) is 0 Å². The lowest BCUT2D eigenvalue weighted by molar-refractivity contribution is -0.148. The molecule has 8 nitrogen and oxygen atoms in total. The molecule has 132 valence electrons. The molecule has 8 heteroatoms. The highest BCUT2D eigenvalue weighted by molar-refractivity contribution is 5.99. The molecule has 2 aliphatic heterocycles. The van der Waals surface area contributed by atoms with Crippen LogP contribution in [0.5, 0.6) is 0 Å². The largest absolute Gasteiger partial charge is 0.336 e. The highest BCUT2D eigenvalue weighted by Crippen LogP contribution is 2.24. The lowest BCUT2D eigenvalue weighted by Gasteiger charge is -2.41. The summed E-state index contributed by atoms with van der Waals surface area (Å²) in [6, 6.07) is -1.09. The third-order valence-corrected chi connectivity index (χ3v) is 5.10. The SMILES string of the molecule is O=C1CCC(C(=O)N2CCN(C3CCCCC3)C(=O)C2)NC(=O)N1. The summed E-state index contributed by atoms with van der Waals surface area (Å²) in [5.41, 5.74) is 0. The molecule has 0 bridgehead atoms. The van der Waals surface area contributed by atoms with Gasteiger partial charge >= 0.3 is 6.03 Å². The second kappa shape index (κ2) is 7.19. The number of carbonyl (C=O) groups is 4. The zero-order valence-electron chi connectivity index (χ0n) is 13.8. The Morgan fingerprint density at radius 3 is 2.46 bits per heavy atom. The molecular formula is C16H24N4O4. The number of hydrogen-bond donors (Lipinski definition) is 2. The number of piperazine rings is 1. The average molecular weight is 336 g/mol. The lowest BCUT2D eigenvalue weighted by atomic mass is 9.93. The van der Waals surface area contributed by atoms with Gasteiger partial charge < -0.3 is 15.1 Å². The molecule has 3 fully saturated rings. The molecule has 0 spiro atoms. The summed E-state index contributed by atoms with van der Waals surface area (Å²) >= 11 is 0. The number of urea groups is 1. The standard InChI is InChI=1S/C16H24N4O4/c21-13-7-6-12(17-16(24)18-13)15(23)19-8-9-20(14(22)10-19)11-4-2-1-3-5-11/h11-12H,1-10H2,(H2,17,18,21,24). The van der Waals surface area contributed by atoms with E-state index in [-0.39, 0.29) is 37.1 Å². The van der Waals surface area contributed by atoms with Gasteiger partial charge in [-0.05, 0) is 19.3 Å². The van der Waals surface area contributed by atoms with Gasteiger partial charge in [0.05, 0.1) is 6.54 Å². The topological polar surface area (TPSA) is 98.8 Å². The van der Waals surface area contributed by atoms with Crippen molar-refractivity contribution in [3.63, 3.8) is 0 Å². The Kier molecular flexibility index (Phi) is 5.01. The van der Waals surface area contributed by atoms with Crippen LogP contribution in [0.15, 0.2) is 0 Å². The monoisotopic (exact) mass is 336 g/mol. The zero-order valence-corrected chi connectivity index (χ0v) is 13.8. The number of nitrogens with zero attached hydrogens (tertiary/aromatic N) is 2. The van der Waals surface area contributed by atoms with Gasteiger partial charge in [-0.3, -0.25) is 19.7 Å². The van der Waals surface area contributed by atoms with Crippen molar-refractivity contribution in [3.05, 3.63) is 0 Å². The van der Waals surface area contributed by atoms with Gasteiger partial charge in [-0.15, -0.1) is 0 Å². The third-order valence-electron chi connectivity index (χ3n) is 5.10. The van der Waals surface area contributed by atoms with E-state index in [0.717, 1.165) is 25.7 Å². The van der Waals surface area contributed by atoms with Crippen LogP contribution in [0.4, 0.5) is 4.79 Å². The number of hydrogen-bond acceptors (Lipinski definition) is 4. The Bertz CT molecular complexity index is 544. The fourth-order valence-electron chi connectivity index (χ4n) is 3.79. The van der Waals surface area contributed by atoms with Crippen LogP contribution < -0.4 is 10.6 Å². The van der Waals surface area contributed by atoms with E-state index < -0.39 is 12.1 Å². The summed E-state index contributed by atoms with van der Waals surface area (Å²) in [5.74, 6) is -0.687. The molecule has 0 aromatic heterocycles. The highest BCUT2D eigenvalue weighted by atomic mass is 16.2. The van der Waals surface area contributed by atoms with E-state index in [9.17, 15) is 19.2 Å². The molecule has 2 N–H and O–H groups in total. The van der Waals surface area contributed by atoms with Crippen molar-refractivity contribution in [2.24, 2.45) is 0 Å². The number of imide groups is 1. The molecule has 3 rings (SSSR count). The first-order chi connectivity index (χ1) is 11.5. The summed E-state index contributed by atoms with van der Waals surface area (Å²) in [4.78, 5) is 51.3.